The molecular weight excluding hydrogens is 625 g/mol. The monoisotopic (exact) mass is 662 g/mol. The average molecular weight is 663 g/mol. The Hall–Kier alpha value is -0.660. The van der Waals surface area contributed by atoms with Crippen LogP contribution >= 0.6 is 70.6 Å². The third kappa shape index (κ3) is 12.3. The van der Waals surface area contributed by atoms with E-state index in [4.69, 9.17) is 18.9 Å². The van der Waals surface area contributed by atoms with Gasteiger partial charge in [-0.2, -0.15) is 0 Å². The van der Waals surface area contributed by atoms with E-state index in [2.05, 4.69) is 13.2 Å². The van der Waals surface area contributed by atoms with Crippen LogP contribution in [0.5, 0.6) is 11.5 Å². The van der Waals surface area contributed by atoms with Gasteiger partial charge in [0.15, 0.2) is 9.87 Å². The van der Waals surface area contributed by atoms with Gasteiger partial charge >= 0.3 is 11.9 Å². The van der Waals surface area contributed by atoms with Crippen LogP contribution in [-0.2, 0) is 19.1 Å². The molecule has 12 heteroatoms. The van der Waals surface area contributed by atoms with E-state index < -0.39 is 21.8 Å². The number of esters is 2. The van der Waals surface area contributed by atoms with Crippen molar-refractivity contribution >= 4 is 82.5 Å². The molecule has 0 bridgehead atoms. The van der Waals surface area contributed by atoms with Crippen molar-refractivity contribution in [2.75, 3.05) is 47.7 Å². The third-order valence-electron chi connectivity index (χ3n) is 5.68. The van der Waals surface area contributed by atoms with Crippen LogP contribution in [-0.4, -0.2) is 78.7 Å². The Bertz CT molecular complexity index is 911. The summed E-state index contributed by atoms with van der Waals surface area (Å²) >= 11 is 11.1. The molecule has 2 saturated heterocycles. The molecule has 0 saturated carbocycles. The molecule has 222 valence electrons. The summed E-state index contributed by atoms with van der Waals surface area (Å²) in [6.45, 7) is 11.1. The molecule has 2 fully saturated rings. The molecule has 3 rings (SSSR count). The number of ether oxygens (including phenoxy) is 4. The Kier molecular flexibility index (Phi) is 14.8. The fourth-order valence-corrected chi connectivity index (χ4v) is 12.1. The quantitative estimate of drug-likeness (QED) is 0.0908. The maximum absolute atomic E-state index is 12.1. The number of hydrogen-bond acceptors (Lipinski definition) is 12. The Morgan fingerprint density at radius 3 is 1.60 bits per heavy atom. The SMILES string of the molecule is C=CC(=O)OC(C)(COc1cccc(OCC(C)(OC(=O)C=C)SCCC2SCCS2)c1)SCCC1SCCS1. The first-order chi connectivity index (χ1) is 19.2. The molecule has 6 nitrogen and oxygen atoms in total. The van der Waals surface area contributed by atoms with E-state index in [0.29, 0.717) is 20.7 Å². The van der Waals surface area contributed by atoms with Crippen LogP contribution in [0, 0.1) is 0 Å². The lowest BCUT2D eigenvalue weighted by Gasteiger charge is -2.29. The Labute approximate surface area is 264 Å². The van der Waals surface area contributed by atoms with E-state index in [9.17, 15) is 9.59 Å². The van der Waals surface area contributed by atoms with Crippen molar-refractivity contribution in [2.45, 2.75) is 45.7 Å². The summed E-state index contributed by atoms with van der Waals surface area (Å²) in [7, 11) is 0. The van der Waals surface area contributed by atoms with Crippen LogP contribution < -0.4 is 9.47 Å². The van der Waals surface area contributed by atoms with Gasteiger partial charge in [-0.25, -0.2) is 9.59 Å². The first kappa shape index (κ1) is 33.8. The minimum Gasteiger partial charge on any atom is -0.488 e. The maximum atomic E-state index is 12.1. The molecule has 0 radical (unpaired) electrons. The molecule has 2 atom stereocenters. The van der Waals surface area contributed by atoms with E-state index >= 15 is 0 Å². The first-order valence-corrected chi connectivity index (χ1v) is 19.2. The lowest BCUT2D eigenvalue weighted by molar-refractivity contribution is -0.146. The Morgan fingerprint density at radius 2 is 1.23 bits per heavy atom. The van der Waals surface area contributed by atoms with E-state index in [1.165, 1.54) is 35.2 Å². The van der Waals surface area contributed by atoms with Gasteiger partial charge in [-0.05, 0) is 50.3 Å². The fraction of sp³-hybridized carbons (Fsp3) is 0.571. The topological polar surface area (TPSA) is 71.1 Å². The molecule has 1 aromatic carbocycles. The van der Waals surface area contributed by atoms with Crippen molar-refractivity contribution in [3.8, 4) is 11.5 Å². The molecule has 0 spiro atoms. The minimum absolute atomic E-state index is 0.174. The molecule has 0 aromatic heterocycles. The molecule has 2 unspecified atom stereocenters. The van der Waals surface area contributed by atoms with Gasteiger partial charge in [-0.1, -0.05) is 19.2 Å². The molecular formula is C28H38O6S6. The zero-order valence-electron chi connectivity index (χ0n) is 23.0. The summed E-state index contributed by atoms with van der Waals surface area (Å²) in [5.41, 5.74) is 0. The van der Waals surface area contributed by atoms with Gasteiger partial charge in [0.05, 0.1) is 9.16 Å². The second-order valence-electron chi connectivity index (χ2n) is 9.19. The molecule has 0 amide bonds. The molecule has 40 heavy (non-hydrogen) atoms. The Balaban J connectivity index is 1.56. The second-order valence-corrected chi connectivity index (χ2v) is 18.1. The van der Waals surface area contributed by atoms with Gasteiger partial charge in [0, 0.05) is 41.2 Å². The smallest absolute Gasteiger partial charge is 0.331 e. The molecule has 0 aliphatic carbocycles. The third-order valence-corrected chi connectivity index (χ3v) is 14.5. The number of carbonyl (C=O) groups is 2. The van der Waals surface area contributed by atoms with Gasteiger partial charge in [0.2, 0.25) is 0 Å². The summed E-state index contributed by atoms with van der Waals surface area (Å²) < 4.78 is 24.7. The Morgan fingerprint density at radius 1 is 0.825 bits per heavy atom. The van der Waals surface area contributed by atoms with Gasteiger partial charge in [-0.15, -0.1) is 70.6 Å². The fourth-order valence-electron chi connectivity index (χ4n) is 3.68. The molecule has 0 N–H and O–H groups in total. The molecule has 2 heterocycles. The number of benzene rings is 1. The predicted octanol–water partition coefficient (Wildman–Crippen LogP) is 7.19. The lowest BCUT2D eigenvalue weighted by Crippen LogP contribution is -2.35. The van der Waals surface area contributed by atoms with Crippen LogP contribution in [0.2, 0.25) is 0 Å². The van der Waals surface area contributed by atoms with Crippen molar-refractivity contribution in [1.82, 2.24) is 0 Å². The van der Waals surface area contributed by atoms with Gasteiger partial charge < -0.3 is 18.9 Å². The molecule has 2 aliphatic heterocycles. The maximum Gasteiger partial charge on any atom is 0.331 e. The van der Waals surface area contributed by atoms with Crippen molar-refractivity contribution < 1.29 is 28.5 Å². The normalized spacial score (nSPS) is 18.9. The highest BCUT2D eigenvalue weighted by atomic mass is 32.2. The van der Waals surface area contributed by atoms with Crippen LogP contribution in [0.25, 0.3) is 0 Å². The summed E-state index contributed by atoms with van der Waals surface area (Å²) in [5, 5.41) is 0. The first-order valence-electron chi connectivity index (χ1n) is 13.0. The van der Waals surface area contributed by atoms with Crippen molar-refractivity contribution in [2.24, 2.45) is 0 Å². The van der Waals surface area contributed by atoms with Gasteiger partial charge in [0.25, 0.3) is 0 Å². The summed E-state index contributed by atoms with van der Waals surface area (Å²) in [6, 6.07) is 7.30. The van der Waals surface area contributed by atoms with Crippen LogP contribution in [0.15, 0.2) is 49.6 Å². The molecule has 2 aliphatic rings. The van der Waals surface area contributed by atoms with E-state index in [-0.39, 0.29) is 13.2 Å². The number of rotatable bonds is 18. The highest BCUT2D eigenvalue weighted by Crippen LogP contribution is 2.39. The van der Waals surface area contributed by atoms with E-state index in [1.54, 1.807) is 29.6 Å². The number of thioether (sulfide) groups is 6. The highest BCUT2D eigenvalue weighted by Gasteiger charge is 2.32. The second kappa shape index (κ2) is 17.5. The average Bonchev–Trinajstić information content (AvgIpc) is 3.66. The van der Waals surface area contributed by atoms with Crippen molar-refractivity contribution in [3.05, 3.63) is 49.6 Å². The van der Waals surface area contributed by atoms with E-state index in [1.807, 2.05) is 79.1 Å². The standard InChI is InChI=1S/C28H38O6S6/c1-5-23(29)33-27(3,39-12-10-25-35-14-15-36-25)19-31-21-8-7-9-22(18-21)32-20-28(4,34-24(30)6-2)40-13-11-26-37-16-17-38-26/h5-9,18,25-26H,1-2,10-17,19-20H2,3-4H3. The highest BCUT2D eigenvalue weighted by molar-refractivity contribution is 8.20. The predicted molar refractivity (Wildman–Crippen MR) is 178 cm³/mol. The lowest BCUT2D eigenvalue weighted by atomic mass is 10.3. The largest absolute Gasteiger partial charge is 0.488 e. The van der Waals surface area contributed by atoms with Gasteiger partial charge in [-0.3, -0.25) is 0 Å². The van der Waals surface area contributed by atoms with Gasteiger partial charge in [0.1, 0.15) is 24.7 Å². The summed E-state index contributed by atoms with van der Waals surface area (Å²) in [5.74, 6) is 6.71. The van der Waals surface area contributed by atoms with Crippen LogP contribution in [0.1, 0.15) is 26.7 Å². The van der Waals surface area contributed by atoms with Crippen molar-refractivity contribution in [1.29, 1.82) is 0 Å². The summed E-state index contributed by atoms with van der Waals surface area (Å²) in [4.78, 5) is 22.4. The zero-order valence-corrected chi connectivity index (χ0v) is 27.9. The van der Waals surface area contributed by atoms with E-state index in [0.717, 1.165) is 24.3 Å². The molecule has 1 aromatic rings. The number of hydrogen-bond donors (Lipinski definition) is 0. The minimum atomic E-state index is -0.861. The summed E-state index contributed by atoms with van der Waals surface area (Å²) in [6.07, 6.45) is 4.43. The van der Waals surface area contributed by atoms with Crippen LogP contribution in [0.4, 0.5) is 0 Å². The number of carbonyl (C=O) groups excluding carboxylic acids is 2. The van der Waals surface area contributed by atoms with Crippen molar-refractivity contribution in [3.63, 3.8) is 0 Å². The zero-order chi connectivity index (χ0) is 28.8. The van der Waals surface area contributed by atoms with Crippen LogP contribution in [0.3, 0.4) is 0 Å².